The Morgan fingerprint density at radius 1 is 1.09 bits per heavy atom. The molecule has 0 amide bonds. The van der Waals surface area contributed by atoms with Crippen LogP contribution >= 0.6 is 12.2 Å². The minimum absolute atomic E-state index is 0.168. The van der Waals surface area contributed by atoms with Gasteiger partial charge in [0.05, 0.1) is 11.6 Å². The molecule has 1 aromatic heterocycles. The fraction of sp³-hybridized carbons (Fsp3) is 0.320. The lowest BCUT2D eigenvalue weighted by Crippen LogP contribution is -2.46. The number of benzene rings is 2. The second-order valence-corrected chi connectivity index (χ2v) is 8.17. The fourth-order valence-corrected chi connectivity index (χ4v) is 4.19. The Morgan fingerprint density at radius 2 is 1.84 bits per heavy atom. The normalized spacial score (nSPS) is 16.4. The van der Waals surface area contributed by atoms with E-state index in [1.807, 2.05) is 49.4 Å². The first-order valence-electron chi connectivity index (χ1n) is 10.9. The number of nitrogens with zero attached hydrogens (tertiary/aromatic N) is 3. The van der Waals surface area contributed by atoms with E-state index in [1.54, 1.807) is 0 Å². The molecular weight excluding hydrogens is 420 g/mol. The van der Waals surface area contributed by atoms with Crippen molar-refractivity contribution in [3.8, 4) is 11.4 Å². The molecule has 1 atom stereocenters. The first-order valence-corrected chi connectivity index (χ1v) is 11.3. The third kappa shape index (κ3) is 4.74. The van der Waals surface area contributed by atoms with Gasteiger partial charge in [-0.1, -0.05) is 65.3 Å². The summed E-state index contributed by atoms with van der Waals surface area (Å²) in [5.41, 5.74) is 5.15. The quantitative estimate of drug-likeness (QED) is 0.378. The molecule has 0 radical (unpaired) electrons. The summed E-state index contributed by atoms with van der Waals surface area (Å²) >= 11 is 5.73. The van der Waals surface area contributed by atoms with Crippen molar-refractivity contribution in [2.75, 3.05) is 19.8 Å². The molecule has 1 aliphatic rings. The van der Waals surface area contributed by atoms with Crippen LogP contribution in [0.4, 0.5) is 0 Å². The average Bonchev–Trinajstić information content (AvgIpc) is 3.29. The van der Waals surface area contributed by atoms with Gasteiger partial charge in [0.1, 0.15) is 0 Å². The molecule has 6 nitrogen and oxygen atoms in total. The van der Waals surface area contributed by atoms with Crippen molar-refractivity contribution in [1.82, 2.24) is 20.4 Å². The second kappa shape index (κ2) is 10.1. The molecule has 0 bridgehead atoms. The lowest BCUT2D eigenvalue weighted by atomic mass is 9.95. The molecule has 4 rings (SSSR count). The Kier molecular flexibility index (Phi) is 6.97. The lowest BCUT2D eigenvalue weighted by molar-refractivity contribution is 0.141. The zero-order valence-electron chi connectivity index (χ0n) is 18.7. The van der Waals surface area contributed by atoms with Crippen LogP contribution in [0, 0.1) is 6.92 Å². The molecule has 2 aromatic carbocycles. The number of thiocarbonyl (C=S) groups is 1. The average molecular weight is 449 g/mol. The van der Waals surface area contributed by atoms with E-state index < -0.39 is 0 Å². The van der Waals surface area contributed by atoms with Crippen LogP contribution in [0.1, 0.15) is 43.3 Å². The molecule has 2 heterocycles. The first-order chi connectivity index (χ1) is 15.6. The standard InChI is InChI=1S/C25H28N4O2S/c1-4-30-16-8-15-29-18(3)21(22(26-25(29)32)19-9-6-5-7-10-19)24-27-23(28-31-24)20-13-11-17(2)12-14-20/h5-7,9-14,22H,4,8,15-16H2,1-3H3,(H,26,32). The van der Waals surface area contributed by atoms with Gasteiger partial charge in [0.2, 0.25) is 5.82 Å². The van der Waals surface area contributed by atoms with Gasteiger partial charge in [0.15, 0.2) is 5.11 Å². The van der Waals surface area contributed by atoms with Gasteiger partial charge in [-0.2, -0.15) is 4.98 Å². The highest BCUT2D eigenvalue weighted by Crippen LogP contribution is 2.37. The third-order valence-electron chi connectivity index (χ3n) is 5.57. The Morgan fingerprint density at radius 3 is 2.56 bits per heavy atom. The molecule has 1 aliphatic heterocycles. The highest BCUT2D eigenvalue weighted by molar-refractivity contribution is 7.80. The van der Waals surface area contributed by atoms with Crippen molar-refractivity contribution in [1.29, 1.82) is 0 Å². The molecule has 0 saturated heterocycles. The predicted molar refractivity (Wildman–Crippen MR) is 130 cm³/mol. The first kappa shape index (κ1) is 22.2. The van der Waals surface area contributed by atoms with Crippen LogP contribution in [0.3, 0.4) is 0 Å². The van der Waals surface area contributed by atoms with Gasteiger partial charge in [-0.25, -0.2) is 0 Å². The Balaban J connectivity index is 1.72. The molecule has 0 saturated carbocycles. The van der Waals surface area contributed by atoms with Gasteiger partial charge < -0.3 is 19.5 Å². The van der Waals surface area contributed by atoms with Crippen LogP contribution in [0.15, 0.2) is 64.8 Å². The number of allylic oxidation sites excluding steroid dienone is 1. The van der Waals surface area contributed by atoms with Crippen LogP contribution in [0.25, 0.3) is 17.0 Å². The molecular formula is C25H28N4O2S. The molecule has 32 heavy (non-hydrogen) atoms. The van der Waals surface area contributed by atoms with Crippen LogP contribution in [-0.4, -0.2) is 39.9 Å². The van der Waals surface area contributed by atoms with Gasteiger partial charge in [0, 0.05) is 31.0 Å². The van der Waals surface area contributed by atoms with Crippen molar-refractivity contribution in [2.24, 2.45) is 0 Å². The lowest BCUT2D eigenvalue weighted by Gasteiger charge is -2.37. The largest absolute Gasteiger partial charge is 0.382 e. The van der Waals surface area contributed by atoms with Crippen molar-refractivity contribution >= 4 is 22.9 Å². The molecule has 166 valence electrons. The van der Waals surface area contributed by atoms with Crippen LogP contribution in [0.2, 0.25) is 0 Å². The van der Waals surface area contributed by atoms with E-state index in [0.29, 0.717) is 30.0 Å². The van der Waals surface area contributed by atoms with Gasteiger partial charge in [0.25, 0.3) is 5.89 Å². The van der Waals surface area contributed by atoms with Crippen LogP contribution < -0.4 is 5.32 Å². The van der Waals surface area contributed by atoms with Gasteiger partial charge in [-0.05, 0) is 45.0 Å². The number of aryl methyl sites for hydroxylation is 1. The summed E-state index contributed by atoms with van der Waals surface area (Å²) in [6, 6.07) is 18.1. The summed E-state index contributed by atoms with van der Waals surface area (Å²) in [5, 5.41) is 8.44. The molecule has 0 fully saturated rings. The number of hydrogen-bond acceptors (Lipinski definition) is 5. The number of nitrogens with one attached hydrogen (secondary N) is 1. The van der Waals surface area contributed by atoms with E-state index in [9.17, 15) is 0 Å². The molecule has 3 aromatic rings. The van der Waals surface area contributed by atoms with Crippen molar-refractivity contribution in [3.63, 3.8) is 0 Å². The Bertz CT molecular complexity index is 1090. The van der Waals surface area contributed by atoms with Gasteiger partial charge in [-0.15, -0.1) is 0 Å². The number of hydrogen-bond donors (Lipinski definition) is 1. The maximum Gasteiger partial charge on any atom is 0.258 e. The van der Waals surface area contributed by atoms with E-state index in [1.165, 1.54) is 5.56 Å². The molecule has 0 spiro atoms. The number of rotatable bonds is 8. The van der Waals surface area contributed by atoms with Crippen molar-refractivity contribution in [3.05, 3.63) is 77.3 Å². The van der Waals surface area contributed by atoms with Gasteiger partial charge >= 0.3 is 0 Å². The van der Waals surface area contributed by atoms with E-state index >= 15 is 0 Å². The summed E-state index contributed by atoms with van der Waals surface area (Å²) in [4.78, 5) is 6.86. The monoisotopic (exact) mass is 448 g/mol. The van der Waals surface area contributed by atoms with E-state index in [4.69, 9.17) is 26.5 Å². The molecule has 1 unspecified atom stereocenters. The topological polar surface area (TPSA) is 63.4 Å². The smallest absolute Gasteiger partial charge is 0.258 e. The highest BCUT2D eigenvalue weighted by atomic mass is 32.1. The molecule has 7 heteroatoms. The molecule has 1 N–H and O–H groups in total. The Labute approximate surface area is 194 Å². The fourth-order valence-electron chi connectivity index (χ4n) is 3.84. The summed E-state index contributed by atoms with van der Waals surface area (Å²) in [6.45, 7) is 8.28. The number of aromatic nitrogens is 2. The van der Waals surface area contributed by atoms with Crippen LogP contribution in [0.5, 0.6) is 0 Å². The van der Waals surface area contributed by atoms with Crippen molar-refractivity contribution in [2.45, 2.75) is 33.2 Å². The van der Waals surface area contributed by atoms with E-state index in [2.05, 4.69) is 41.4 Å². The maximum absolute atomic E-state index is 5.78. The van der Waals surface area contributed by atoms with Gasteiger partial charge in [-0.3, -0.25) is 0 Å². The van der Waals surface area contributed by atoms with E-state index in [-0.39, 0.29) is 6.04 Å². The molecule has 0 aliphatic carbocycles. The minimum Gasteiger partial charge on any atom is -0.382 e. The highest BCUT2D eigenvalue weighted by Gasteiger charge is 2.33. The Hall–Kier alpha value is -3.03. The maximum atomic E-state index is 5.78. The SMILES string of the molecule is CCOCCCN1C(=S)NC(c2ccccc2)C(c2nc(-c3ccc(C)cc3)no2)=C1C. The zero-order valence-corrected chi connectivity index (χ0v) is 19.5. The third-order valence-corrected chi connectivity index (χ3v) is 5.91. The summed E-state index contributed by atoms with van der Waals surface area (Å²) < 4.78 is 11.3. The predicted octanol–water partition coefficient (Wildman–Crippen LogP) is 5.13. The summed E-state index contributed by atoms with van der Waals surface area (Å²) in [7, 11) is 0. The second-order valence-electron chi connectivity index (χ2n) is 7.78. The van der Waals surface area contributed by atoms with Crippen LogP contribution in [-0.2, 0) is 4.74 Å². The van der Waals surface area contributed by atoms with Crippen molar-refractivity contribution < 1.29 is 9.26 Å². The minimum atomic E-state index is -0.168. The number of ether oxygens (including phenoxy) is 1. The van der Waals surface area contributed by atoms with E-state index in [0.717, 1.165) is 35.4 Å². The summed E-state index contributed by atoms with van der Waals surface area (Å²) in [6.07, 6.45) is 0.870. The summed E-state index contributed by atoms with van der Waals surface area (Å²) in [5.74, 6) is 1.07. The zero-order chi connectivity index (χ0) is 22.5.